The van der Waals surface area contributed by atoms with Gasteiger partial charge in [-0.1, -0.05) is 13.3 Å². The summed E-state index contributed by atoms with van der Waals surface area (Å²) in [6, 6.07) is -0.571. The van der Waals surface area contributed by atoms with Crippen LogP contribution >= 0.6 is 11.3 Å². The Labute approximate surface area is 104 Å². The van der Waals surface area contributed by atoms with E-state index in [2.05, 4.69) is 17.2 Å². The Morgan fingerprint density at radius 1 is 1.71 bits per heavy atom. The van der Waals surface area contributed by atoms with Crippen LogP contribution in [0.3, 0.4) is 0 Å². The zero-order valence-corrected chi connectivity index (χ0v) is 10.5. The summed E-state index contributed by atoms with van der Waals surface area (Å²) in [4.78, 5) is 15.0. The Hall–Kier alpha value is -1.14. The van der Waals surface area contributed by atoms with E-state index in [0.717, 1.165) is 11.6 Å². The Kier molecular flexibility index (Phi) is 3.63. The minimum atomic E-state index is -1.05. The summed E-state index contributed by atoms with van der Waals surface area (Å²) in [5, 5.41) is 14.6. The molecule has 0 spiro atoms. The largest absolute Gasteiger partial charge is 0.480 e. The van der Waals surface area contributed by atoms with Crippen LogP contribution in [0, 0.1) is 5.92 Å². The zero-order valence-electron chi connectivity index (χ0n) is 9.72. The van der Waals surface area contributed by atoms with Crippen molar-refractivity contribution in [1.29, 1.82) is 0 Å². The molecule has 0 aliphatic heterocycles. The molecule has 1 fully saturated rings. The summed E-state index contributed by atoms with van der Waals surface area (Å²) in [6.45, 7) is 2.22. The quantitative estimate of drug-likeness (QED) is 0.764. The van der Waals surface area contributed by atoms with E-state index in [9.17, 15) is 4.79 Å². The van der Waals surface area contributed by atoms with E-state index in [1.54, 1.807) is 5.38 Å². The summed E-state index contributed by atoms with van der Waals surface area (Å²) in [5.74, 6) is -0.397. The molecule has 3 unspecified atom stereocenters. The molecule has 1 heterocycles. The average Bonchev–Trinajstić information content (AvgIpc) is 2.88. The van der Waals surface area contributed by atoms with Crippen LogP contribution in [0.1, 0.15) is 37.9 Å². The van der Waals surface area contributed by atoms with E-state index in [1.807, 2.05) is 0 Å². The van der Waals surface area contributed by atoms with Gasteiger partial charge < -0.3 is 16.2 Å². The maximum Gasteiger partial charge on any atom is 0.326 e. The normalized spacial score (nSPS) is 25.8. The van der Waals surface area contributed by atoms with Crippen molar-refractivity contribution in [1.82, 2.24) is 4.98 Å². The van der Waals surface area contributed by atoms with Crippen LogP contribution in [0.15, 0.2) is 5.38 Å². The highest BCUT2D eigenvalue weighted by atomic mass is 32.1. The maximum atomic E-state index is 10.7. The van der Waals surface area contributed by atoms with Gasteiger partial charge in [0.2, 0.25) is 0 Å². The van der Waals surface area contributed by atoms with E-state index in [-0.39, 0.29) is 0 Å². The number of nitrogens with two attached hydrogens (primary N) is 1. The minimum absolute atomic E-state index is 0.427. The van der Waals surface area contributed by atoms with Crippen LogP contribution in [0.4, 0.5) is 5.13 Å². The molecule has 1 aromatic rings. The number of carboxylic acids is 1. The second-order valence-corrected chi connectivity index (χ2v) is 5.41. The van der Waals surface area contributed by atoms with E-state index in [1.165, 1.54) is 24.2 Å². The van der Waals surface area contributed by atoms with Crippen LogP contribution in [0.25, 0.3) is 0 Å². The number of aliphatic carboxylic acids is 1. The van der Waals surface area contributed by atoms with Gasteiger partial charge in [0, 0.05) is 11.4 Å². The molecule has 1 aliphatic carbocycles. The second-order valence-electron chi connectivity index (χ2n) is 4.55. The van der Waals surface area contributed by atoms with Gasteiger partial charge >= 0.3 is 5.97 Å². The monoisotopic (exact) mass is 255 g/mol. The topological polar surface area (TPSA) is 88.2 Å². The molecule has 5 nitrogen and oxygen atoms in total. The Balaban J connectivity index is 2.01. The van der Waals surface area contributed by atoms with Crippen molar-refractivity contribution in [2.45, 2.75) is 38.3 Å². The fourth-order valence-electron chi connectivity index (χ4n) is 2.14. The van der Waals surface area contributed by atoms with E-state index >= 15 is 0 Å². The summed E-state index contributed by atoms with van der Waals surface area (Å²) in [6.07, 6.45) is 3.64. The molecule has 0 saturated heterocycles. The second kappa shape index (κ2) is 5.01. The molecule has 17 heavy (non-hydrogen) atoms. The first-order valence-corrected chi connectivity index (χ1v) is 6.66. The molecule has 1 aromatic heterocycles. The van der Waals surface area contributed by atoms with Crippen LogP contribution in [0.2, 0.25) is 0 Å². The summed E-state index contributed by atoms with van der Waals surface area (Å²) >= 11 is 1.42. The summed E-state index contributed by atoms with van der Waals surface area (Å²) in [5.41, 5.74) is 5.93. The number of carbonyl (C=O) groups is 1. The van der Waals surface area contributed by atoms with Crippen molar-refractivity contribution >= 4 is 22.4 Å². The highest BCUT2D eigenvalue weighted by Crippen LogP contribution is 2.29. The van der Waals surface area contributed by atoms with Crippen molar-refractivity contribution in [2.24, 2.45) is 11.7 Å². The highest BCUT2D eigenvalue weighted by Gasteiger charge is 2.24. The third-order valence-corrected chi connectivity index (χ3v) is 4.07. The molecule has 0 bridgehead atoms. The zero-order chi connectivity index (χ0) is 12.4. The van der Waals surface area contributed by atoms with Crippen molar-refractivity contribution in [3.63, 3.8) is 0 Å². The lowest BCUT2D eigenvalue weighted by Crippen LogP contribution is -2.23. The highest BCUT2D eigenvalue weighted by molar-refractivity contribution is 7.13. The third kappa shape index (κ3) is 2.76. The number of carboxylic acid groups (broad SMARTS) is 1. The molecule has 3 atom stereocenters. The predicted molar refractivity (Wildman–Crippen MR) is 67.1 cm³/mol. The number of rotatable bonds is 4. The Morgan fingerprint density at radius 3 is 3.06 bits per heavy atom. The number of nitrogens with zero attached hydrogens (tertiary/aromatic N) is 1. The predicted octanol–water partition coefficient (Wildman–Crippen LogP) is 1.83. The first-order valence-electron chi connectivity index (χ1n) is 5.78. The SMILES string of the molecule is CC1CCCC1Nc1nc(C(N)C(=O)O)cs1. The molecule has 4 N–H and O–H groups in total. The van der Waals surface area contributed by atoms with Gasteiger partial charge in [0.25, 0.3) is 0 Å². The molecule has 6 heteroatoms. The van der Waals surface area contributed by atoms with Gasteiger partial charge in [0.05, 0.1) is 5.69 Å². The lowest BCUT2D eigenvalue weighted by atomic mass is 10.1. The van der Waals surface area contributed by atoms with Gasteiger partial charge in [-0.3, -0.25) is 4.79 Å². The van der Waals surface area contributed by atoms with Gasteiger partial charge in [-0.15, -0.1) is 11.3 Å². The Morgan fingerprint density at radius 2 is 2.47 bits per heavy atom. The van der Waals surface area contributed by atoms with E-state index in [4.69, 9.17) is 10.8 Å². The fraction of sp³-hybridized carbons (Fsp3) is 0.636. The number of hydrogen-bond donors (Lipinski definition) is 3. The number of aromatic nitrogens is 1. The fourth-order valence-corrected chi connectivity index (χ4v) is 2.95. The number of anilines is 1. The summed E-state index contributed by atoms with van der Waals surface area (Å²) in [7, 11) is 0. The van der Waals surface area contributed by atoms with E-state index < -0.39 is 12.0 Å². The van der Waals surface area contributed by atoms with Crippen LogP contribution < -0.4 is 11.1 Å². The third-order valence-electron chi connectivity index (χ3n) is 3.28. The number of nitrogens with one attached hydrogen (secondary N) is 1. The van der Waals surface area contributed by atoms with E-state index in [0.29, 0.717) is 17.7 Å². The lowest BCUT2D eigenvalue weighted by Gasteiger charge is -2.16. The van der Waals surface area contributed by atoms with Gasteiger partial charge in [-0.25, -0.2) is 4.98 Å². The first-order chi connectivity index (χ1) is 8.08. The minimum Gasteiger partial charge on any atom is -0.480 e. The number of thiazole rings is 1. The van der Waals surface area contributed by atoms with Crippen LogP contribution in [-0.2, 0) is 4.79 Å². The molecule has 94 valence electrons. The average molecular weight is 255 g/mol. The van der Waals surface area contributed by atoms with Crippen molar-refractivity contribution in [3.05, 3.63) is 11.1 Å². The van der Waals surface area contributed by atoms with Crippen molar-refractivity contribution < 1.29 is 9.90 Å². The Bertz CT molecular complexity index is 407. The van der Waals surface area contributed by atoms with Crippen LogP contribution in [0.5, 0.6) is 0 Å². The lowest BCUT2D eigenvalue weighted by molar-refractivity contribution is -0.138. The molecule has 2 rings (SSSR count). The summed E-state index contributed by atoms with van der Waals surface area (Å²) < 4.78 is 0. The van der Waals surface area contributed by atoms with Gasteiger partial charge in [0.15, 0.2) is 5.13 Å². The van der Waals surface area contributed by atoms with Gasteiger partial charge in [-0.05, 0) is 18.8 Å². The molecular formula is C11H17N3O2S. The van der Waals surface area contributed by atoms with Crippen molar-refractivity contribution in [2.75, 3.05) is 5.32 Å². The van der Waals surface area contributed by atoms with Gasteiger partial charge in [-0.2, -0.15) is 0 Å². The molecule has 0 radical (unpaired) electrons. The maximum absolute atomic E-state index is 10.7. The van der Waals surface area contributed by atoms with Crippen molar-refractivity contribution in [3.8, 4) is 0 Å². The molecular weight excluding hydrogens is 238 g/mol. The molecule has 1 aliphatic rings. The molecule has 0 aromatic carbocycles. The van der Waals surface area contributed by atoms with Gasteiger partial charge in [0.1, 0.15) is 6.04 Å². The van der Waals surface area contributed by atoms with Crippen LogP contribution in [-0.4, -0.2) is 22.1 Å². The smallest absolute Gasteiger partial charge is 0.326 e. The standard InChI is InChI=1S/C11H17N3O2S/c1-6-3-2-4-7(6)13-11-14-8(5-17-11)9(12)10(15)16/h5-7,9H,2-4,12H2,1H3,(H,13,14)(H,15,16). The molecule has 1 saturated carbocycles. The number of hydrogen-bond acceptors (Lipinski definition) is 5. The first kappa shape index (κ1) is 12.3. The molecule has 0 amide bonds.